The van der Waals surface area contributed by atoms with Crippen LogP contribution in [-0.4, -0.2) is 18.3 Å². The molecule has 0 aliphatic heterocycles. The van der Waals surface area contributed by atoms with E-state index in [4.69, 9.17) is 6.42 Å². The fourth-order valence-electron chi connectivity index (χ4n) is 1.15. The zero-order valence-electron chi connectivity index (χ0n) is 8.66. The molecule has 80 valence electrons. The van der Waals surface area contributed by atoms with Crippen LogP contribution in [-0.2, 0) is 0 Å². The Balaban J connectivity index is 2.41. The second-order valence-electron chi connectivity index (χ2n) is 3.19. The van der Waals surface area contributed by atoms with E-state index in [0.29, 0.717) is 11.8 Å². The van der Waals surface area contributed by atoms with Gasteiger partial charge in [0.25, 0.3) is 0 Å². The van der Waals surface area contributed by atoms with Crippen molar-refractivity contribution in [2.24, 2.45) is 0 Å². The molecule has 1 aromatic carbocycles. The molecule has 0 bridgehead atoms. The predicted molar refractivity (Wildman–Crippen MR) is 71.2 cm³/mol. The van der Waals surface area contributed by atoms with Gasteiger partial charge in [0.2, 0.25) is 0 Å². The summed E-state index contributed by atoms with van der Waals surface area (Å²) >= 11 is 5.38. The molecular formula is C12H14BrNS. The molecule has 1 N–H and O–H groups in total. The van der Waals surface area contributed by atoms with Crippen LogP contribution in [0, 0.1) is 12.3 Å². The third-order valence-electron chi connectivity index (χ3n) is 1.82. The number of terminal acetylenes is 1. The summed E-state index contributed by atoms with van der Waals surface area (Å²) in [7, 11) is 0. The van der Waals surface area contributed by atoms with Gasteiger partial charge < -0.3 is 5.32 Å². The molecule has 0 fully saturated rings. The molecule has 1 unspecified atom stereocenters. The van der Waals surface area contributed by atoms with Gasteiger partial charge >= 0.3 is 0 Å². The number of halogens is 1. The van der Waals surface area contributed by atoms with Crippen LogP contribution >= 0.6 is 27.7 Å². The lowest BCUT2D eigenvalue weighted by Crippen LogP contribution is -2.22. The van der Waals surface area contributed by atoms with Crippen LogP contribution in [0.25, 0.3) is 0 Å². The lowest BCUT2D eigenvalue weighted by atomic mass is 10.4. The van der Waals surface area contributed by atoms with E-state index in [-0.39, 0.29) is 0 Å². The maximum atomic E-state index is 5.16. The van der Waals surface area contributed by atoms with Crippen molar-refractivity contribution in [3.8, 4) is 12.3 Å². The van der Waals surface area contributed by atoms with Crippen LogP contribution in [0.5, 0.6) is 0 Å². The summed E-state index contributed by atoms with van der Waals surface area (Å²) in [5.41, 5.74) is 0. The Bertz CT molecular complexity index is 346. The zero-order valence-corrected chi connectivity index (χ0v) is 11.1. The van der Waals surface area contributed by atoms with Crippen molar-refractivity contribution in [3.05, 3.63) is 28.7 Å². The third kappa shape index (κ3) is 4.74. The smallest absolute Gasteiger partial charge is 0.0574 e. The van der Waals surface area contributed by atoms with E-state index in [1.54, 1.807) is 0 Å². The predicted octanol–water partition coefficient (Wildman–Crippen LogP) is 3.15. The average Bonchev–Trinajstić information content (AvgIpc) is 2.22. The van der Waals surface area contributed by atoms with Gasteiger partial charge in [-0.1, -0.05) is 25.0 Å². The average molecular weight is 284 g/mol. The first-order valence-electron chi connectivity index (χ1n) is 4.79. The third-order valence-corrected chi connectivity index (χ3v) is 3.96. The van der Waals surface area contributed by atoms with Crippen LogP contribution < -0.4 is 5.32 Å². The van der Waals surface area contributed by atoms with Gasteiger partial charge in [-0.2, -0.15) is 0 Å². The Kier molecular flexibility index (Phi) is 5.85. The van der Waals surface area contributed by atoms with Gasteiger partial charge in [-0.3, -0.25) is 0 Å². The molecule has 0 aliphatic carbocycles. The van der Waals surface area contributed by atoms with Crippen molar-refractivity contribution >= 4 is 27.7 Å². The molecule has 1 atom stereocenters. The summed E-state index contributed by atoms with van der Waals surface area (Å²) in [6, 6.07) is 8.25. The van der Waals surface area contributed by atoms with Crippen molar-refractivity contribution in [3.63, 3.8) is 0 Å². The van der Waals surface area contributed by atoms with E-state index >= 15 is 0 Å². The molecule has 0 heterocycles. The highest BCUT2D eigenvalue weighted by Gasteiger charge is 2.05. The highest BCUT2D eigenvalue weighted by molar-refractivity contribution is 9.10. The van der Waals surface area contributed by atoms with Crippen molar-refractivity contribution in [2.75, 3.05) is 13.1 Å². The van der Waals surface area contributed by atoms with Gasteiger partial charge in [-0.15, -0.1) is 18.2 Å². The quantitative estimate of drug-likeness (QED) is 0.506. The number of rotatable bonds is 5. The first kappa shape index (κ1) is 12.6. The first-order chi connectivity index (χ1) is 7.24. The van der Waals surface area contributed by atoms with Gasteiger partial charge in [0.15, 0.2) is 0 Å². The minimum atomic E-state index is 0.511. The molecule has 0 radical (unpaired) electrons. The molecular weight excluding hydrogens is 270 g/mol. The van der Waals surface area contributed by atoms with Crippen molar-refractivity contribution < 1.29 is 0 Å². The fourth-order valence-corrected chi connectivity index (χ4v) is 2.68. The highest BCUT2D eigenvalue weighted by atomic mass is 79.9. The van der Waals surface area contributed by atoms with E-state index in [2.05, 4.69) is 52.3 Å². The molecule has 0 amide bonds. The van der Waals surface area contributed by atoms with Crippen molar-refractivity contribution in [2.45, 2.75) is 17.1 Å². The van der Waals surface area contributed by atoms with E-state index in [1.807, 2.05) is 17.8 Å². The molecule has 0 aliphatic rings. The molecule has 1 aromatic rings. The van der Waals surface area contributed by atoms with Crippen molar-refractivity contribution in [1.29, 1.82) is 0 Å². The standard InChI is InChI=1S/C12H14BrNS/c1-3-8-14-9-10(2)15-12-7-5-4-6-11(12)13/h1,4-7,10,14H,8-9H2,2H3. The monoisotopic (exact) mass is 283 g/mol. The Labute approximate surface area is 104 Å². The van der Waals surface area contributed by atoms with E-state index in [0.717, 1.165) is 11.0 Å². The molecule has 0 saturated carbocycles. The largest absolute Gasteiger partial charge is 0.305 e. The summed E-state index contributed by atoms with van der Waals surface area (Å²) < 4.78 is 1.15. The van der Waals surface area contributed by atoms with Gasteiger partial charge in [-0.25, -0.2) is 0 Å². The summed E-state index contributed by atoms with van der Waals surface area (Å²) in [4.78, 5) is 1.27. The summed E-state index contributed by atoms with van der Waals surface area (Å²) in [5, 5.41) is 3.71. The first-order valence-corrected chi connectivity index (χ1v) is 6.46. The number of hydrogen-bond acceptors (Lipinski definition) is 2. The van der Waals surface area contributed by atoms with E-state index < -0.39 is 0 Å². The van der Waals surface area contributed by atoms with Gasteiger partial charge in [0.05, 0.1) is 6.54 Å². The number of benzene rings is 1. The second kappa shape index (κ2) is 6.95. The zero-order chi connectivity index (χ0) is 11.1. The molecule has 0 aromatic heterocycles. The Morgan fingerprint density at radius 3 is 2.93 bits per heavy atom. The Morgan fingerprint density at radius 1 is 1.53 bits per heavy atom. The van der Waals surface area contributed by atoms with Crippen LogP contribution in [0.1, 0.15) is 6.92 Å². The summed E-state index contributed by atoms with van der Waals surface area (Å²) in [5.74, 6) is 2.57. The molecule has 0 saturated heterocycles. The topological polar surface area (TPSA) is 12.0 Å². The molecule has 0 spiro atoms. The van der Waals surface area contributed by atoms with E-state index in [9.17, 15) is 0 Å². The van der Waals surface area contributed by atoms with E-state index in [1.165, 1.54) is 4.90 Å². The lowest BCUT2D eigenvalue weighted by Gasteiger charge is -2.12. The molecule has 1 rings (SSSR count). The second-order valence-corrected chi connectivity index (χ2v) is 5.53. The number of nitrogens with one attached hydrogen (secondary N) is 1. The summed E-state index contributed by atoms with van der Waals surface area (Å²) in [6.07, 6.45) is 5.16. The minimum Gasteiger partial charge on any atom is -0.305 e. The lowest BCUT2D eigenvalue weighted by molar-refractivity contribution is 0.748. The van der Waals surface area contributed by atoms with Crippen LogP contribution in [0.2, 0.25) is 0 Å². The van der Waals surface area contributed by atoms with Crippen LogP contribution in [0.4, 0.5) is 0 Å². The number of hydrogen-bond donors (Lipinski definition) is 1. The SMILES string of the molecule is C#CCNCC(C)Sc1ccccc1Br. The highest BCUT2D eigenvalue weighted by Crippen LogP contribution is 2.29. The minimum absolute atomic E-state index is 0.511. The Hall–Kier alpha value is -0.430. The fraction of sp³-hybridized carbons (Fsp3) is 0.333. The van der Waals surface area contributed by atoms with Gasteiger partial charge in [0.1, 0.15) is 0 Å². The van der Waals surface area contributed by atoms with Crippen LogP contribution in [0.3, 0.4) is 0 Å². The Morgan fingerprint density at radius 2 is 2.27 bits per heavy atom. The molecule has 1 nitrogen and oxygen atoms in total. The number of thioether (sulfide) groups is 1. The molecule has 15 heavy (non-hydrogen) atoms. The van der Waals surface area contributed by atoms with Crippen LogP contribution in [0.15, 0.2) is 33.6 Å². The van der Waals surface area contributed by atoms with Gasteiger partial charge in [-0.05, 0) is 28.1 Å². The maximum absolute atomic E-state index is 5.16. The van der Waals surface area contributed by atoms with Gasteiger partial charge in [0, 0.05) is 21.2 Å². The normalized spacial score (nSPS) is 12.1. The summed E-state index contributed by atoms with van der Waals surface area (Å²) in [6.45, 7) is 3.75. The molecule has 3 heteroatoms. The van der Waals surface area contributed by atoms with Crippen molar-refractivity contribution in [1.82, 2.24) is 5.32 Å². The maximum Gasteiger partial charge on any atom is 0.0574 e.